The first-order valence-corrected chi connectivity index (χ1v) is 7.34. The standard InChI is InChI=1S/C16H26N2/c1-3-4-5-14-6-8-16(9-7-14)18-12-10-15(17-2)11-13-18/h6-9,15,17H,3-5,10-13H2,1-2H3. The van der Waals surface area contributed by atoms with Crippen LogP contribution in [0.5, 0.6) is 0 Å². The molecule has 1 aromatic carbocycles. The second-order valence-corrected chi connectivity index (χ2v) is 5.32. The normalized spacial score (nSPS) is 17.1. The zero-order chi connectivity index (χ0) is 12.8. The van der Waals surface area contributed by atoms with E-state index in [0.29, 0.717) is 6.04 Å². The number of benzene rings is 1. The summed E-state index contributed by atoms with van der Waals surface area (Å²) in [7, 11) is 2.07. The third-order valence-electron chi connectivity index (χ3n) is 4.02. The first-order chi connectivity index (χ1) is 8.83. The molecule has 0 unspecified atom stereocenters. The Morgan fingerprint density at radius 2 is 1.83 bits per heavy atom. The number of hydrogen-bond donors (Lipinski definition) is 1. The van der Waals surface area contributed by atoms with Crippen molar-refractivity contribution >= 4 is 5.69 Å². The third-order valence-corrected chi connectivity index (χ3v) is 4.02. The monoisotopic (exact) mass is 246 g/mol. The van der Waals surface area contributed by atoms with Crippen molar-refractivity contribution in [3.05, 3.63) is 29.8 Å². The van der Waals surface area contributed by atoms with E-state index in [-0.39, 0.29) is 0 Å². The van der Waals surface area contributed by atoms with Gasteiger partial charge in [-0.2, -0.15) is 0 Å². The average molecular weight is 246 g/mol. The van der Waals surface area contributed by atoms with E-state index in [2.05, 4.69) is 48.5 Å². The minimum atomic E-state index is 0.713. The van der Waals surface area contributed by atoms with Gasteiger partial charge < -0.3 is 10.2 Å². The van der Waals surface area contributed by atoms with E-state index in [1.54, 1.807) is 0 Å². The number of unbranched alkanes of at least 4 members (excludes halogenated alkanes) is 1. The van der Waals surface area contributed by atoms with E-state index >= 15 is 0 Å². The lowest BCUT2D eigenvalue weighted by Crippen LogP contribution is -2.41. The van der Waals surface area contributed by atoms with Crippen LogP contribution in [0.3, 0.4) is 0 Å². The van der Waals surface area contributed by atoms with Gasteiger partial charge in [-0.15, -0.1) is 0 Å². The summed E-state index contributed by atoms with van der Waals surface area (Å²) in [6, 6.07) is 9.91. The quantitative estimate of drug-likeness (QED) is 0.858. The molecule has 0 atom stereocenters. The van der Waals surface area contributed by atoms with Crippen molar-refractivity contribution in [2.24, 2.45) is 0 Å². The summed E-state index contributed by atoms with van der Waals surface area (Å²) in [5.41, 5.74) is 2.87. The maximum absolute atomic E-state index is 3.38. The van der Waals surface area contributed by atoms with Crippen molar-refractivity contribution in [2.45, 2.75) is 45.1 Å². The second-order valence-electron chi connectivity index (χ2n) is 5.32. The number of aryl methyl sites for hydroxylation is 1. The smallest absolute Gasteiger partial charge is 0.0366 e. The van der Waals surface area contributed by atoms with Gasteiger partial charge in [0.1, 0.15) is 0 Å². The molecule has 2 nitrogen and oxygen atoms in total. The fourth-order valence-electron chi connectivity index (χ4n) is 2.68. The van der Waals surface area contributed by atoms with E-state index < -0.39 is 0 Å². The van der Waals surface area contributed by atoms with Gasteiger partial charge in [-0.05, 0) is 50.4 Å². The molecule has 2 heteroatoms. The lowest BCUT2D eigenvalue weighted by atomic mass is 10.0. The van der Waals surface area contributed by atoms with Gasteiger partial charge in [0.05, 0.1) is 0 Å². The summed E-state index contributed by atoms with van der Waals surface area (Å²) in [4.78, 5) is 2.51. The van der Waals surface area contributed by atoms with E-state index in [0.717, 1.165) is 0 Å². The summed E-state index contributed by atoms with van der Waals surface area (Å²) in [5.74, 6) is 0. The van der Waals surface area contributed by atoms with Crippen LogP contribution in [0.4, 0.5) is 5.69 Å². The Labute approximate surface area is 111 Å². The SMILES string of the molecule is CCCCc1ccc(N2CCC(NC)CC2)cc1. The summed E-state index contributed by atoms with van der Waals surface area (Å²) in [6.45, 7) is 4.61. The van der Waals surface area contributed by atoms with Crippen molar-refractivity contribution < 1.29 is 0 Å². The predicted molar refractivity (Wildman–Crippen MR) is 79.3 cm³/mol. The highest BCUT2D eigenvalue weighted by atomic mass is 15.1. The second kappa shape index (κ2) is 6.79. The lowest BCUT2D eigenvalue weighted by Gasteiger charge is -2.33. The van der Waals surface area contributed by atoms with Crippen LogP contribution in [0.2, 0.25) is 0 Å². The van der Waals surface area contributed by atoms with E-state index in [4.69, 9.17) is 0 Å². The Balaban J connectivity index is 1.89. The minimum absolute atomic E-state index is 0.713. The predicted octanol–water partition coefficient (Wildman–Crippen LogP) is 3.22. The summed E-state index contributed by atoms with van der Waals surface area (Å²) in [5, 5.41) is 3.38. The fourth-order valence-corrected chi connectivity index (χ4v) is 2.68. The maximum Gasteiger partial charge on any atom is 0.0366 e. The highest BCUT2D eigenvalue weighted by molar-refractivity contribution is 5.48. The molecule has 1 aliphatic rings. The van der Waals surface area contributed by atoms with Crippen molar-refractivity contribution in [1.29, 1.82) is 0 Å². The Morgan fingerprint density at radius 3 is 2.39 bits per heavy atom. The lowest BCUT2D eigenvalue weighted by molar-refractivity contribution is 0.442. The Hall–Kier alpha value is -1.02. The molecule has 0 radical (unpaired) electrons. The molecular weight excluding hydrogens is 220 g/mol. The first kappa shape index (κ1) is 13.4. The van der Waals surface area contributed by atoms with Gasteiger partial charge >= 0.3 is 0 Å². The molecule has 0 amide bonds. The van der Waals surface area contributed by atoms with Crippen molar-refractivity contribution in [1.82, 2.24) is 5.32 Å². The molecule has 0 saturated carbocycles. The van der Waals surface area contributed by atoms with Crippen LogP contribution in [0, 0.1) is 0 Å². The molecule has 1 N–H and O–H groups in total. The number of hydrogen-bond acceptors (Lipinski definition) is 2. The highest BCUT2D eigenvalue weighted by Gasteiger charge is 2.17. The van der Waals surface area contributed by atoms with Crippen LogP contribution in [0.25, 0.3) is 0 Å². The van der Waals surface area contributed by atoms with Gasteiger partial charge in [0.2, 0.25) is 0 Å². The number of nitrogens with zero attached hydrogens (tertiary/aromatic N) is 1. The number of nitrogens with one attached hydrogen (secondary N) is 1. The fraction of sp³-hybridized carbons (Fsp3) is 0.625. The molecule has 0 bridgehead atoms. The van der Waals surface area contributed by atoms with Crippen LogP contribution in [0.15, 0.2) is 24.3 Å². The largest absolute Gasteiger partial charge is 0.371 e. The zero-order valence-corrected chi connectivity index (χ0v) is 11.8. The molecule has 2 rings (SSSR count). The molecule has 0 spiro atoms. The molecule has 1 fully saturated rings. The minimum Gasteiger partial charge on any atom is -0.371 e. The molecule has 18 heavy (non-hydrogen) atoms. The number of anilines is 1. The van der Waals surface area contributed by atoms with Crippen molar-refractivity contribution in [3.63, 3.8) is 0 Å². The summed E-state index contributed by atoms with van der Waals surface area (Å²) in [6.07, 6.45) is 6.31. The van der Waals surface area contributed by atoms with Gasteiger partial charge in [-0.25, -0.2) is 0 Å². The van der Waals surface area contributed by atoms with Crippen molar-refractivity contribution in [2.75, 3.05) is 25.0 Å². The molecule has 1 aliphatic heterocycles. The Bertz CT molecular complexity index is 337. The van der Waals surface area contributed by atoms with E-state index in [1.165, 1.54) is 56.4 Å². The van der Waals surface area contributed by atoms with Gasteiger partial charge in [0, 0.05) is 24.8 Å². The maximum atomic E-state index is 3.38. The van der Waals surface area contributed by atoms with Crippen LogP contribution >= 0.6 is 0 Å². The van der Waals surface area contributed by atoms with E-state index in [9.17, 15) is 0 Å². The zero-order valence-electron chi connectivity index (χ0n) is 11.8. The molecule has 1 saturated heterocycles. The van der Waals surface area contributed by atoms with E-state index in [1.807, 2.05) is 0 Å². The average Bonchev–Trinajstić information content (AvgIpc) is 2.46. The summed E-state index contributed by atoms with van der Waals surface area (Å²) < 4.78 is 0. The van der Waals surface area contributed by atoms with Gasteiger partial charge in [-0.1, -0.05) is 25.5 Å². The summed E-state index contributed by atoms with van der Waals surface area (Å²) >= 11 is 0. The van der Waals surface area contributed by atoms with Gasteiger partial charge in [-0.3, -0.25) is 0 Å². The number of piperidine rings is 1. The molecule has 0 aliphatic carbocycles. The van der Waals surface area contributed by atoms with Crippen LogP contribution in [0.1, 0.15) is 38.2 Å². The molecular formula is C16H26N2. The van der Waals surface area contributed by atoms with Gasteiger partial charge in [0.25, 0.3) is 0 Å². The Morgan fingerprint density at radius 1 is 1.17 bits per heavy atom. The highest BCUT2D eigenvalue weighted by Crippen LogP contribution is 2.21. The van der Waals surface area contributed by atoms with Crippen molar-refractivity contribution in [3.8, 4) is 0 Å². The molecule has 0 aromatic heterocycles. The Kier molecular flexibility index (Phi) is 5.06. The molecule has 1 heterocycles. The third kappa shape index (κ3) is 3.49. The first-order valence-electron chi connectivity index (χ1n) is 7.34. The van der Waals surface area contributed by atoms with Gasteiger partial charge in [0.15, 0.2) is 0 Å². The van der Waals surface area contributed by atoms with Crippen LogP contribution in [-0.4, -0.2) is 26.2 Å². The topological polar surface area (TPSA) is 15.3 Å². The number of rotatable bonds is 5. The molecule has 1 aromatic rings. The molecule has 100 valence electrons. The van der Waals surface area contributed by atoms with Crippen LogP contribution in [-0.2, 0) is 6.42 Å². The van der Waals surface area contributed by atoms with Crippen LogP contribution < -0.4 is 10.2 Å².